The van der Waals surface area contributed by atoms with Gasteiger partial charge in [-0.1, -0.05) is 6.07 Å². The van der Waals surface area contributed by atoms with Crippen LogP contribution in [-0.2, 0) is 11.3 Å². The summed E-state index contributed by atoms with van der Waals surface area (Å²) in [5, 5.41) is 3.37. The number of fused-ring (bicyclic) bond motifs is 3. The van der Waals surface area contributed by atoms with Crippen molar-refractivity contribution in [2.24, 2.45) is 0 Å². The maximum atomic E-state index is 13.5. The maximum Gasteiger partial charge on any atom is 0.359 e. The molecule has 1 aromatic heterocycles. The Hall–Kier alpha value is -2.87. The van der Waals surface area contributed by atoms with Crippen LogP contribution < -0.4 is 10.2 Å². The number of esters is 1. The van der Waals surface area contributed by atoms with Crippen molar-refractivity contribution in [2.75, 3.05) is 24.5 Å². The van der Waals surface area contributed by atoms with Crippen LogP contribution in [-0.4, -0.2) is 57.7 Å². The molecule has 3 heterocycles. The Morgan fingerprint density at radius 3 is 2.70 bits per heavy atom. The molecule has 0 radical (unpaired) electrons. The molecule has 2 aliphatic heterocycles. The summed E-state index contributed by atoms with van der Waals surface area (Å²) in [6.07, 6.45) is 1.64. The van der Waals surface area contributed by atoms with Gasteiger partial charge in [0.1, 0.15) is 11.9 Å². The number of nitrogens with one attached hydrogen (secondary N) is 1. The zero-order valence-electron chi connectivity index (χ0n) is 18.2. The standard InChI is InChI=1S/C22H29N5O3/c1-14-6-7-16-17(10-14)26(21(29)25-9-8-23-15(2)11-25)12-18-19(24-13-27(16)18)20(28)30-22(3,4)5/h6-7,10,13,15,23H,8-9,11-12H2,1-5H3/t15-/m0/s1. The molecule has 1 N–H and O–H groups in total. The minimum Gasteiger partial charge on any atom is -0.455 e. The number of ether oxygens (including phenoxy) is 1. The van der Waals surface area contributed by atoms with Crippen LogP contribution in [0, 0.1) is 6.92 Å². The average Bonchev–Trinajstić information content (AvgIpc) is 3.09. The molecule has 8 nitrogen and oxygen atoms in total. The van der Waals surface area contributed by atoms with E-state index < -0.39 is 11.6 Å². The summed E-state index contributed by atoms with van der Waals surface area (Å²) in [4.78, 5) is 34.2. The Morgan fingerprint density at radius 1 is 1.23 bits per heavy atom. The maximum absolute atomic E-state index is 13.5. The second-order valence-corrected chi connectivity index (χ2v) is 9.07. The summed E-state index contributed by atoms with van der Waals surface area (Å²) in [5.41, 5.74) is 3.02. The Labute approximate surface area is 176 Å². The number of carbonyl (C=O) groups excluding carboxylic acids is 2. The molecule has 2 amide bonds. The Bertz CT molecular complexity index is 991. The monoisotopic (exact) mass is 411 g/mol. The highest BCUT2D eigenvalue weighted by Crippen LogP contribution is 2.35. The molecule has 0 spiro atoms. The summed E-state index contributed by atoms with van der Waals surface area (Å²) in [6, 6.07) is 6.16. The second-order valence-electron chi connectivity index (χ2n) is 9.07. The molecule has 1 aromatic carbocycles. The molecule has 30 heavy (non-hydrogen) atoms. The summed E-state index contributed by atoms with van der Waals surface area (Å²) >= 11 is 0. The van der Waals surface area contributed by atoms with Crippen molar-refractivity contribution in [1.82, 2.24) is 19.8 Å². The molecule has 0 bridgehead atoms. The molecule has 0 aliphatic carbocycles. The van der Waals surface area contributed by atoms with Gasteiger partial charge < -0.3 is 15.0 Å². The van der Waals surface area contributed by atoms with Gasteiger partial charge in [0.05, 0.1) is 23.6 Å². The molecule has 0 saturated carbocycles. The van der Waals surface area contributed by atoms with Gasteiger partial charge in [-0.25, -0.2) is 14.6 Å². The van der Waals surface area contributed by atoms with Crippen LogP contribution >= 0.6 is 0 Å². The van der Waals surface area contributed by atoms with E-state index in [1.54, 1.807) is 11.2 Å². The minimum atomic E-state index is -0.621. The first-order valence-corrected chi connectivity index (χ1v) is 10.3. The van der Waals surface area contributed by atoms with Crippen molar-refractivity contribution < 1.29 is 14.3 Å². The number of carbonyl (C=O) groups is 2. The summed E-state index contributed by atoms with van der Waals surface area (Å²) in [7, 11) is 0. The van der Waals surface area contributed by atoms with Gasteiger partial charge in [0.25, 0.3) is 0 Å². The first-order valence-electron chi connectivity index (χ1n) is 10.3. The third-order valence-corrected chi connectivity index (χ3v) is 5.32. The third kappa shape index (κ3) is 3.79. The van der Waals surface area contributed by atoms with Gasteiger partial charge in [-0.3, -0.25) is 9.47 Å². The van der Waals surface area contributed by atoms with E-state index in [-0.39, 0.29) is 24.3 Å². The number of nitrogens with zero attached hydrogens (tertiary/aromatic N) is 4. The van der Waals surface area contributed by atoms with E-state index >= 15 is 0 Å². The lowest BCUT2D eigenvalue weighted by atomic mass is 10.1. The number of aryl methyl sites for hydroxylation is 1. The van der Waals surface area contributed by atoms with E-state index in [0.717, 1.165) is 23.5 Å². The first kappa shape index (κ1) is 20.4. The molecule has 2 aliphatic rings. The number of aromatic nitrogens is 2. The highest BCUT2D eigenvalue weighted by Gasteiger charge is 2.35. The molecule has 1 atom stereocenters. The van der Waals surface area contributed by atoms with Crippen molar-refractivity contribution >= 4 is 17.7 Å². The van der Waals surface area contributed by atoms with Crippen molar-refractivity contribution in [2.45, 2.75) is 52.8 Å². The van der Waals surface area contributed by atoms with E-state index in [2.05, 4.69) is 17.2 Å². The van der Waals surface area contributed by atoms with E-state index in [0.29, 0.717) is 18.8 Å². The fourth-order valence-corrected chi connectivity index (χ4v) is 3.97. The molecule has 1 fully saturated rings. The largest absolute Gasteiger partial charge is 0.455 e. The van der Waals surface area contributed by atoms with Gasteiger partial charge in [0, 0.05) is 25.7 Å². The van der Waals surface area contributed by atoms with Crippen LogP contribution in [0.1, 0.15) is 49.4 Å². The summed E-state index contributed by atoms with van der Waals surface area (Å²) in [5.74, 6) is -0.477. The zero-order valence-corrected chi connectivity index (χ0v) is 18.2. The Kier molecular flexibility index (Phi) is 5.05. The van der Waals surface area contributed by atoms with Gasteiger partial charge in [-0.05, 0) is 52.3 Å². The predicted molar refractivity (Wildman–Crippen MR) is 114 cm³/mol. The lowest BCUT2D eigenvalue weighted by molar-refractivity contribution is 0.00619. The number of hydrogen-bond donors (Lipinski definition) is 1. The van der Waals surface area contributed by atoms with Crippen molar-refractivity contribution in [3.05, 3.63) is 41.5 Å². The molecular formula is C22H29N5O3. The molecule has 0 unspecified atom stereocenters. The smallest absolute Gasteiger partial charge is 0.359 e. The fourth-order valence-electron chi connectivity index (χ4n) is 3.97. The second kappa shape index (κ2) is 7.43. The van der Waals surface area contributed by atoms with E-state index in [1.807, 2.05) is 55.4 Å². The van der Waals surface area contributed by atoms with Crippen molar-refractivity contribution in [3.63, 3.8) is 0 Å². The van der Waals surface area contributed by atoms with Gasteiger partial charge in [-0.2, -0.15) is 0 Å². The number of rotatable bonds is 1. The third-order valence-electron chi connectivity index (χ3n) is 5.32. The van der Waals surface area contributed by atoms with Gasteiger partial charge in [0.15, 0.2) is 5.69 Å². The van der Waals surface area contributed by atoms with Crippen LogP contribution in [0.5, 0.6) is 0 Å². The zero-order chi connectivity index (χ0) is 21.6. The van der Waals surface area contributed by atoms with Crippen molar-refractivity contribution in [1.29, 1.82) is 0 Å². The average molecular weight is 412 g/mol. The highest BCUT2D eigenvalue weighted by atomic mass is 16.6. The van der Waals surface area contributed by atoms with E-state index in [1.165, 1.54) is 0 Å². The Balaban J connectivity index is 1.74. The molecule has 4 rings (SSSR count). The van der Waals surface area contributed by atoms with E-state index in [9.17, 15) is 9.59 Å². The number of anilines is 1. The van der Waals surface area contributed by atoms with E-state index in [4.69, 9.17) is 4.74 Å². The number of hydrogen-bond acceptors (Lipinski definition) is 5. The lowest BCUT2D eigenvalue weighted by Gasteiger charge is -2.38. The summed E-state index contributed by atoms with van der Waals surface area (Å²) in [6.45, 7) is 11.9. The van der Waals surface area contributed by atoms with Crippen LogP contribution in [0.3, 0.4) is 0 Å². The van der Waals surface area contributed by atoms with Crippen LogP contribution in [0.2, 0.25) is 0 Å². The molecule has 1 saturated heterocycles. The van der Waals surface area contributed by atoms with Gasteiger partial charge in [-0.15, -0.1) is 0 Å². The van der Waals surface area contributed by atoms with Crippen LogP contribution in [0.25, 0.3) is 5.69 Å². The first-order chi connectivity index (χ1) is 14.1. The number of urea groups is 1. The normalized spacial score (nSPS) is 18.6. The fraction of sp³-hybridized carbons (Fsp3) is 0.500. The van der Waals surface area contributed by atoms with Gasteiger partial charge >= 0.3 is 12.0 Å². The SMILES string of the molecule is Cc1ccc2c(c1)N(C(=O)N1CCN[C@@H](C)C1)Cc1c(C(=O)OC(C)(C)C)ncn1-2. The molecule has 160 valence electrons. The number of piperazine rings is 1. The Morgan fingerprint density at radius 2 is 2.00 bits per heavy atom. The minimum absolute atomic E-state index is 0.0576. The predicted octanol–water partition coefficient (Wildman–Crippen LogP) is 2.87. The lowest BCUT2D eigenvalue weighted by Crippen LogP contribution is -2.55. The quantitative estimate of drug-likeness (QED) is 0.730. The number of amides is 2. The number of imidazole rings is 1. The van der Waals surface area contributed by atoms with Gasteiger partial charge in [0.2, 0.25) is 0 Å². The van der Waals surface area contributed by atoms with Crippen molar-refractivity contribution in [3.8, 4) is 5.69 Å². The summed E-state index contributed by atoms with van der Waals surface area (Å²) < 4.78 is 7.43. The van der Waals surface area contributed by atoms with Crippen LogP contribution in [0.15, 0.2) is 24.5 Å². The number of benzene rings is 1. The van der Waals surface area contributed by atoms with Crippen LogP contribution in [0.4, 0.5) is 10.5 Å². The highest BCUT2D eigenvalue weighted by molar-refractivity contribution is 5.97. The topological polar surface area (TPSA) is 79.7 Å². The molecular weight excluding hydrogens is 382 g/mol. The molecule has 2 aromatic rings. The molecule has 8 heteroatoms.